The van der Waals surface area contributed by atoms with Crippen LogP contribution in [0, 0.1) is 17.5 Å². The van der Waals surface area contributed by atoms with Crippen molar-refractivity contribution in [1.82, 2.24) is 29.9 Å². The van der Waals surface area contributed by atoms with E-state index in [0.29, 0.717) is 87.2 Å². The van der Waals surface area contributed by atoms with Crippen molar-refractivity contribution in [3.63, 3.8) is 0 Å². The molecule has 9 aromatic rings. The largest absolute Gasteiger partial charge is 1.00 e. The molecule has 79 heavy (non-hydrogen) atoms. The maximum absolute atomic E-state index is 14.5. The summed E-state index contributed by atoms with van der Waals surface area (Å²) in [7, 11) is 4.68. The van der Waals surface area contributed by atoms with Crippen molar-refractivity contribution in [2.75, 3.05) is 36.3 Å². The zero-order chi connectivity index (χ0) is 55.0. The monoisotopic (exact) mass is 1310 g/mol. The van der Waals surface area contributed by atoms with Gasteiger partial charge in [0, 0.05) is 84.2 Å². The molecule has 16 nitrogen and oxygen atoms in total. The van der Waals surface area contributed by atoms with Crippen molar-refractivity contribution < 1.29 is 151 Å². The first-order valence-corrected chi connectivity index (χ1v) is 24.1. The summed E-state index contributed by atoms with van der Waals surface area (Å²) >= 11 is 48.9. The number of ether oxygens (including phenoxy) is 2. The van der Waals surface area contributed by atoms with Gasteiger partial charge in [0.2, 0.25) is 0 Å². The van der Waals surface area contributed by atoms with Gasteiger partial charge in [-0.3, -0.25) is 14.6 Å². The fraction of sp³-hybridized carbons (Fsp3) is 0.280. The quantitative estimate of drug-likeness (QED) is 0.0564. The summed E-state index contributed by atoms with van der Waals surface area (Å²) < 4.78 is 53.2. The first kappa shape index (κ1) is 74.7. The Hall–Kier alpha value is -2.34. The van der Waals surface area contributed by atoms with Crippen LogP contribution in [-0.2, 0) is 19.2 Å². The summed E-state index contributed by atoms with van der Waals surface area (Å²) in [5.74, 6) is -1.76. The van der Waals surface area contributed by atoms with Crippen LogP contribution in [0.1, 0.15) is 65.2 Å². The number of pyridine rings is 3. The Balaban J connectivity index is 0.00000110. The normalized spacial score (nSPS) is 10.7. The van der Waals surface area contributed by atoms with E-state index in [-0.39, 0.29) is 169 Å². The van der Waals surface area contributed by atoms with Gasteiger partial charge in [0.25, 0.3) is 6.47 Å². The molecule has 0 atom stereocenters. The summed E-state index contributed by atoms with van der Waals surface area (Å²) in [6, 6.07) is 5.04. The molecule has 0 radical (unpaired) electrons. The third-order valence-electron chi connectivity index (χ3n) is 10.3. The summed E-state index contributed by atoms with van der Waals surface area (Å²) in [5.41, 5.74) is 2.64. The molecule has 3 aromatic carbocycles. The number of halogens is 11. The molecular weight excluding hydrogens is 1260 g/mol. The molecule has 0 bridgehead atoms. The number of benzene rings is 3. The predicted molar refractivity (Wildman–Crippen MR) is 308 cm³/mol. The summed E-state index contributed by atoms with van der Waals surface area (Å²) in [6.45, 7) is 10.3. The van der Waals surface area contributed by atoms with E-state index in [2.05, 4.69) is 40.1 Å². The number of H-pyrrole nitrogens is 3. The SMILES string of the molecule is C.C.C.CN(C(=O)OC(C)(C)C)c1cc(F)c(Cl)c2c1[nH]c1ncc(Cl)c(Cl)c12.CN(C(=O)OC(C)(C)C)c1cc(F)cc2c1[nH]c1ncc(Cl)c(Cl)c12.CNc1cc(F)c(Cl)c2c1[nH]c1ncc(Cl)c(Cl)c12.O=CO[O-].[H-].[K+].[K+]. The number of nitrogens with one attached hydrogen (secondary N) is 4. The molecule has 29 heteroatoms. The molecule has 0 aliphatic rings. The number of aromatic nitrogens is 6. The van der Waals surface area contributed by atoms with Crippen molar-refractivity contribution in [1.29, 1.82) is 0 Å². The molecule has 0 aliphatic carbocycles. The van der Waals surface area contributed by atoms with E-state index in [0.717, 1.165) is 6.07 Å². The van der Waals surface area contributed by atoms with Crippen LogP contribution in [-0.4, -0.2) is 80.9 Å². The first-order valence-electron chi connectivity index (χ1n) is 21.1. The van der Waals surface area contributed by atoms with Gasteiger partial charge in [-0.15, -0.1) is 0 Å². The maximum Gasteiger partial charge on any atom is 1.00 e. The van der Waals surface area contributed by atoms with Crippen LogP contribution in [0.15, 0.2) is 42.9 Å². The Bertz CT molecular complexity index is 3700. The van der Waals surface area contributed by atoms with Crippen LogP contribution in [0.5, 0.6) is 0 Å². The summed E-state index contributed by atoms with van der Waals surface area (Å²) in [4.78, 5) is 60.1. The smallest absolute Gasteiger partial charge is 1.00 e. The maximum atomic E-state index is 14.5. The van der Waals surface area contributed by atoms with Crippen LogP contribution in [0.4, 0.5) is 39.8 Å². The molecule has 418 valence electrons. The second kappa shape index (κ2) is 30.5. The number of hydrogen-bond donors (Lipinski definition) is 4. The molecule has 0 fully saturated rings. The van der Waals surface area contributed by atoms with Crippen molar-refractivity contribution >= 4 is 194 Å². The van der Waals surface area contributed by atoms with Gasteiger partial charge in [-0.2, -0.15) is 0 Å². The van der Waals surface area contributed by atoms with E-state index in [4.69, 9.17) is 112 Å². The number of nitrogens with zero attached hydrogens (tertiary/aromatic N) is 5. The average molecular weight is 1310 g/mol. The van der Waals surface area contributed by atoms with Crippen LogP contribution >= 0.6 is 92.8 Å². The fourth-order valence-corrected chi connectivity index (χ4v) is 8.83. The molecule has 9 rings (SSSR count). The van der Waals surface area contributed by atoms with E-state index < -0.39 is 40.8 Å². The van der Waals surface area contributed by atoms with Crippen LogP contribution in [0.2, 0.25) is 40.2 Å². The van der Waals surface area contributed by atoms with Gasteiger partial charge in [-0.1, -0.05) is 115 Å². The van der Waals surface area contributed by atoms with Crippen LogP contribution in [0.3, 0.4) is 0 Å². The predicted octanol–water partition coefficient (Wildman–Crippen LogP) is 11.0. The fourth-order valence-electron chi connectivity index (χ4n) is 7.21. The molecule has 6 aromatic heterocycles. The Morgan fingerprint density at radius 1 is 0.595 bits per heavy atom. The minimum atomic E-state index is -0.707. The zero-order valence-corrected chi connectivity index (χ0v) is 54.2. The second-order valence-electron chi connectivity index (χ2n) is 17.6. The molecule has 0 unspecified atom stereocenters. The Kier molecular flexibility index (Phi) is 28.8. The zero-order valence-electron chi connectivity index (χ0n) is 42.9. The molecule has 0 saturated carbocycles. The van der Waals surface area contributed by atoms with Gasteiger partial charge >= 0.3 is 115 Å². The van der Waals surface area contributed by atoms with Gasteiger partial charge in [0.15, 0.2) is 0 Å². The van der Waals surface area contributed by atoms with Gasteiger partial charge in [0.05, 0.1) is 73.8 Å². The number of aromatic amines is 3. The van der Waals surface area contributed by atoms with E-state index in [1.165, 1.54) is 60.7 Å². The molecule has 6 heterocycles. The third kappa shape index (κ3) is 16.5. The minimum Gasteiger partial charge on any atom is -1.00 e. The van der Waals surface area contributed by atoms with Gasteiger partial charge < -0.3 is 41.3 Å². The molecule has 4 N–H and O–H groups in total. The van der Waals surface area contributed by atoms with E-state index >= 15 is 0 Å². The van der Waals surface area contributed by atoms with Crippen molar-refractivity contribution in [2.24, 2.45) is 0 Å². The Labute approximate surface area is 579 Å². The van der Waals surface area contributed by atoms with Crippen molar-refractivity contribution in [2.45, 2.75) is 75.0 Å². The summed E-state index contributed by atoms with van der Waals surface area (Å²) in [6.07, 6.45) is 2.98. The molecule has 0 spiro atoms. The molecular formula is C50H52Cl8F3K2N9O7. The van der Waals surface area contributed by atoms with Crippen molar-refractivity contribution in [3.8, 4) is 0 Å². The average Bonchev–Trinajstić information content (AvgIpc) is 4.04. The first-order chi connectivity index (χ1) is 34.5. The van der Waals surface area contributed by atoms with Gasteiger partial charge in [-0.25, -0.2) is 37.7 Å². The van der Waals surface area contributed by atoms with Gasteiger partial charge in [0.1, 0.15) is 45.6 Å². The van der Waals surface area contributed by atoms with Crippen LogP contribution in [0.25, 0.3) is 65.8 Å². The van der Waals surface area contributed by atoms with E-state index in [1.807, 2.05) is 0 Å². The number of hydrogen-bond acceptors (Lipinski definition) is 11. The number of carbonyl (C=O) groups is 3. The molecule has 0 saturated heterocycles. The summed E-state index contributed by atoms with van der Waals surface area (Å²) in [5, 5.41) is 15.4. The molecule has 0 aliphatic heterocycles. The minimum absolute atomic E-state index is 0. The van der Waals surface area contributed by atoms with Gasteiger partial charge in [-0.05, 0) is 53.7 Å². The third-order valence-corrected chi connectivity index (χ3v) is 13.4. The standard InChI is InChI=1S/C17H15Cl3FN3O2.C17H16Cl2FN3O2.C12H7Cl3FN3.CH2O3.3CH4.2K.H/c1-17(2,3)26-16(25)24(4)9-5-8(21)13(20)10-11-12(19)7(18)6-22-15(11)23-14(9)10;1-17(2,3)25-16(24)23(4)11-6-8(20)5-9-12-13(19)10(18)7-21-15(12)22-14(9)11;1-17-6-2-5(16)10(15)7-8-9(14)4(13)3-18-12(8)19-11(6)7;2-1-4-3;;;;;;/h5-6H,1-4H3,(H,22,23);5-7H,1-4H3,(H,21,22);2-3,17H,1H3,(H,18,19);1,3H;3*1H4;;;/q;;;;;;;2*+1;-1/p-1. The Morgan fingerprint density at radius 3 is 1.35 bits per heavy atom. The van der Waals surface area contributed by atoms with E-state index in [9.17, 15) is 22.8 Å². The number of amides is 2. The Morgan fingerprint density at radius 2 is 0.949 bits per heavy atom. The van der Waals surface area contributed by atoms with Crippen LogP contribution < -0.4 is 123 Å². The number of carbonyl (C=O) groups excluding carboxylic acids is 3. The van der Waals surface area contributed by atoms with E-state index in [1.54, 1.807) is 48.6 Å². The number of fused-ring (bicyclic) bond motifs is 9. The second-order valence-corrected chi connectivity index (χ2v) is 20.7. The van der Waals surface area contributed by atoms with Crippen molar-refractivity contribution in [3.05, 3.63) is 100 Å². The topological polar surface area (TPSA) is 207 Å². The number of anilines is 3. The molecule has 2 amide bonds. The number of rotatable bonds is 4.